The zero-order chi connectivity index (χ0) is 24.5. The van der Waals surface area contributed by atoms with Gasteiger partial charge in [-0.15, -0.1) is 4.40 Å². The molecule has 2 fully saturated rings. The molecule has 2 aliphatic heterocycles. The smallest absolute Gasteiger partial charge is 0.325 e. The maximum atomic E-state index is 12.9. The molecule has 2 aliphatic rings. The Morgan fingerprint density at radius 3 is 2.41 bits per heavy atom. The number of rotatable bonds is 6. The van der Waals surface area contributed by atoms with E-state index in [4.69, 9.17) is 0 Å². The van der Waals surface area contributed by atoms with E-state index in [2.05, 4.69) is 15.0 Å². The Morgan fingerprint density at radius 2 is 1.79 bits per heavy atom. The molecular formula is C23H25N5O5S. The van der Waals surface area contributed by atoms with E-state index in [1.165, 1.54) is 24.3 Å². The number of benzene rings is 2. The Hall–Kier alpha value is -3.73. The highest BCUT2D eigenvalue weighted by molar-refractivity contribution is 7.90. The summed E-state index contributed by atoms with van der Waals surface area (Å²) < 4.78 is 29.0. The lowest BCUT2D eigenvalue weighted by Crippen LogP contribution is -2.42. The van der Waals surface area contributed by atoms with E-state index < -0.39 is 40.0 Å². The molecule has 2 heterocycles. The van der Waals surface area contributed by atoms with Gasteiger partial charge >= 0.3 is 6.03 Å². The fourth-order valence-corrected chi connectivity index (χ4v) is 5.06. The first-order valence-electron chi connectivity index (χ1n) is 10.7. The second-order valence-corrected chi connectivity index (χ2v) is 10.00. The zero-order valence-corrected chi connectivity index (χ0v) is 19.6. The molecule has 2 saturated heterocycles. The molecule has 2 aromatic carbocycles. The minimum atomic E-state index is -3.87. The van der Waals surface area contributed by atoms with E-state index in [0.29, 0.717) is 23.5 Å². The first-order chi connectivity index (χ1) is 16.1. The van der Waals surface area contributed by atoms with Crippen LogP contribution in [-0.4, -0.2) is 62.0 Å². The van der Waals surface area contributed by atoms with E-state index >= 15 is 0 Å². The first-order valence-corrected chi connectivity index (χ1v) is 12.2. The van der Waals surface area contributed by atoms with Crippen molar-refractivity contribution in [1.82, 2.24) is 15.1 Å². The lowest BCUT2D eigenvalue weighted by Gasteiger charge is -2.22. The van der Waals surface area contributed by atoms with E-state index in [9.17, 15) is 22.8 Å². The molecule has 178 valence electrons. The van der Waals surface area contributed by atoms with Crippen molar-refractivity contribution in [3.63, 3.8) is 0 Å². The fraction of sp³-hybridized carbons (Fsp3) is 0.304. The van der Waals surface area contributed by atoms with Crippen LogP contribution in [0, 0.1) is 0 Å². The molecule has 0 spiro atoms. The van der Waals surface area contributed by atoms with Crippen molar-refractivity contribution < 1.29 is 22.8 Å². The Balaban J connectivity index is 1.42. The summed E-state index contributed by atoms with van der Waals surface area (Å²) in [6, 6.07) is 13.7. The number of imide groups is 1. The summed E-state index contributed by atoms with van der Waals surface area (Å²) in [6.07, 6.45) is 1.47. The van der Waals surface area contributed by atoms with Crippen molar-refractivity contribution in [2.75, 3.05) is 25.5 Å². The number of carbonyl (C=O) groups is 3. The Kier molecular flexibility index (Phi) is 6.13. The molecule has 0 radical (unpaired) electrons. The number of amidine groups is 1. The average molecular weight is 484 g/mol. The van der Waals surface area contributed by atoms with Crippen molar-refractivity contribution in [2.45, 2.75) is 30.2 Å². The summed E-state index contributed by atoms with van der Waals surface area (Å²) in [4.78, 5) is 40.5. The Bertz CT molecular complexity index is 1260. The van der Waals surface area contributed by atoms with Gasteiger partial charge in [-0.05, 0) is 43.2 Å². The number of nitrogens with one attached hydrogen (secondary N) is 2. The molecule has 10 nitrogen and oxygen atoms in total. The summed E-state index contributed by atoms with van der Waals surface area (Å²) in [5.74, 6) is -0.603. The Labute approximate surface area is 197 Å². The SMILES string of the molecule is CN1CCC/C1=N\S(=O)(=O)c1ccc(NC(=O)CN2C(=O)NC(C)(c3ccccc3)C2=O)cc1. The molecule has 1 atom stereocenters. The average Bonchev–Trinajstić information content (AvgIpc) is 3.30. The number of likely N-dealkylation sites (tertiary alicyclic amines) is 1. The maximum Gasteiger partial charge on any atom is 0.325 e. The van der Waals surface area contributed by atoms with Gasteiger partial charge in [0, 0.05) is 25.7 Å². The lowest BCUT2D eigenvalue weighted by molar-refractivity contribution is -0.133. The summed E-state index contributed by atoms with van der Waals surface area (Å²) >= 11 is 0. The van der Waals surface area contributed by atoms with Crippen molar-refractivity contribution in [3.05, 3.63) is 60.2 Å². The second kappa shape index (κ2) is 8.90. The third-order valence-corrected chi connectivity index (χ3v) is 7.24. The van der Waals surface area contributed by atoms with Gasteiger partial charge in [0.15, 0.2) is 0 Å². The largest absolute Gasteiger partial charge is 0.362 e. The number of hydrogen-bond acceptors (Lipinski definition) is 5. The van der Waals surface area contributed by atoms with E-state index in [-0.39, 0.29) is 4.90 Å². The first kappa shape index (κ1) is 23.4. The quantitative estimate of drug-likeness (QED) is 0.604. The van der Waals surface area contributed by atoms with Crippen molar-refractivity contribution >= 4 is 39.4 Å². The standard InChI is InChI=1S/C23H25N5O5S/c1-23(16-7-4-3-5-8-16)21(30)28(22(31)25-23)15-20(29)24-17-10-12-18(13-11-17)34(32,33)26-19-9-6-14-27(19)2/h3-5,7-8,10-13H,6,9,14-15H2,1-2H3,(H,24,29)(H,25,31)/b26-19+. The highest BCUT2D eigenvalue weighted by Crippen LogP contribution is 2.28. The monoisotopic (exact) mass is 483 g/mol. The molecule has 1 unspecified atom stereocenters. The van der Waals surface area contributed by atoms with Gasteiger partial charge in [0.05, 0.1) is 4.90 Å². The van der Waals surface area contributed by atoms with Crippen molar-refractivity contribution in [3.8, 4) is 0 Å². The van der Waals surface area contributed by atoms with Crippen LogP contribution in [0.1, 0.15) is 25.3 Å². The number of amides is 4. The van der Waals surface area contributed by atoms with Crippen molar-refractivity contribution in [1.29, 1.82) is 0 Å². The van der Waals surface area contributed by atoms with Crippen LogP contribution in [0.15, 0.2) is 63.9 Å². The van der Waals surface area contributed by atoms with E-state index in [0.717, 1.165) is 17.9 Å². The molecule has 2 N–H and O–H groups in total. The summed E-state index contributed by atoms with van der Waals surface area (Å²) in [5.41, 5.74) is -0.323. The molecule has 11 heteroatoms. The lowest BCUT2D eigenvalue weighted by atomic mass is 9.92. The molecule has 4 rings (SSSR count). The fourth-order valence-electron chi connectivity index (χ4n) is 3.96. The normalized spacial score (nSPS) is 21.8. The van der Waals surface area contributed by atoms with Gasteiger partial charge in [-0.1, -0.05) is 30.3 Å². The molecular weight excluding hydrogens is 458 g/mol. The van der Waals surface area contributed by atoms with Gasteiger partial charge in [0.1, 0.15) is 17.9 Å². The summed E-state index contributed by atoms with van der Waals surface area (Å²) in [5, 5.41) is 5.23. The van der Waals surface area contributed by atoms with Crippen LogP contribution in [0.5, 0.6) is 0 Å². The van der Waals surface area contributed by atoms with Gasteiger partial charge in [-0.2, -0.15) is 8.42 Å². The number of urea groups is 1. The Morgan fingerprint density at radius 1 is 1.12 bits per heavy atom. The highest BCUT2D eigenvalue weighted by atomic mass is 32.2. The molecule has 0 aromatic heterocycles. The zero-order valence-electron chi connectivity index (χ0n) is 18.8. The number of nitrogens with zero attached hydrogens (tertiary/aromatic N) is 3. The van der Waals surface area contributed by atoms with Gasteiger partial charge in [-0.25, -0.2) is 4.79 Å². The minimum Gasteiger partial charge on any atom is -0.362 e. The number of anilines is 1. The summed E-state index contributed by atoms with van der Waals surface area (Å²) in [6.45, 7) is 1.88. The van der Waals surface area contributed by atoms with Gasteiger partial charge in [0.2, 0.25) is 5.91 Å². The molecule has 0 aliphatic carbocycles. The van der Waals surface area contributed by atoms with E-state index in [1.807, 2.05) is 4.90 Å². The predicted octanol–water partition coefficient (Wildman–Crippen LogP) is 1.91. The maximum absolute atomic E-state index is 12.9. The van der Waals surface area contributed by atoms with Gasteiger partial charge in [0.25, 0.3) is 15.9 Å². The van der Waals surface area contributed by atoms with Gasteiger partial charge < -0.3 is 15.5 Å². The van der Waals surface area contributed by atoms with Crippen LogP contribution in [0.2, 0.25) is 0 Å². The van der Waals surface area contributed by atoms with Crippen LogP contribution in [0.25, 0.3) is 0 Å². The highest BCUT2D eigenvalue weighted by Gasteiger charge is 2.49. The molecule has 0 bridgehead atoms. The predicted molar refractivity (Wildman–Crippen MR) is 126 cm³/mol. The third-order valence-electron chi connectivity index (χ3n) is 5.92. The molecule has 4 amide bonds. The van der Waals surface area contributed by atoms with E-state index in [1.54, 1.807) is 44.3 Å². The number of hydrogen-bond donors (Lipinski definition) is 2. The molecule has 0 saturated carbocycles. The second-order valence-electron chi connectivity index (χ2n) is 8.39. The molecule has 2 aromatic rings. The van der Waals surface area contributed by atoms with Crippen LogP contribution in [-0.2, 0) is 25.2 Å². The van der Waals surface area contributed by atoms with Crippen LogP contribution in [0.4, 0.5) is 10.5 Å². The van der Waals surface area contributed by atoms with Crippen LogP contribution >= 0.6 is 0 Å². The van der Waals surface area contributed by atoms with Crippen LogP contribution < -0.4 is 10.6 Å². The van der Waals surface area contributed by atoms with Crippen molar-refractivity contribution in [2.24, 2.45) is 4.40 Å². The summed E-state index contributed by atoms with van der Waals surface area (Å²) in [7, 11) is -2.07. The van der Waals surface area contributed by atoms with Gasteiger partial charge in [-0.3, -0.25) is 14.5 Å². The number of carbonyl (C=O) groups excluding carboxylic acids is 3. The third kappa shape index (κ3) is 4.51. The topological polar surface area (TPSA) is 128 Å². The number of sulfonamides is 1. The van der Waals surface area contributed by atoms with Crippen LogP contribution in [0.3, 0.4) is 0 Å². The molecule has 34 heavy (non-hydrogen) atoms. The minimum absolute atomic E-state index is 0.00558.